The highest BCUT2D eigenvalue weighted by atomic mass is 16.6. The summed E-state index contributed by atoms with van der Waals surface area (Å²) in [5.74, 6) is 1.49. The molecule has 106 valence electrons. The largest absolute Gasteiger partial charge is 0.486 e. The number of hydrogen-bond donors (Lipinski definition) is 1. The van der Waals surface area contributed by atoms with Crippen LogP contribution in [0.2, 0.25) is 0 Å². The van der Waals surface area contributed by atoms with Crippen LogP contribution < -0.4 is 14.8 Å². The van der Waals surface area contributed by atoms with Crippen LogP contribution in [0, 0.1) is 0 Å². The Kier molecular flexibility index (Phi) is 3.90. The minimum atomic E-state index is -0.0215. The van der Waals surface area contributed by atoms with E-state index < -0.39 is 0 Å². The summed E-state index contributed by atoms with van der Waals surface area (Å²) >= 11 is 0. The monoisotopic (exact) mass is 273 g/mol. The zero-order valence-electron chi connectivity index (χ0n) is 11.4. The van der Waals surface area contributed by atoms with E-state index in [0.717, 1.165) is 29.9 Å². The SMILES string of the molecule is O=C(/C=C/c1ccc2c(c1)OCCO2)NC1CCCC1. The third-order valence-corrected chi connectivity index (χ3v) is 3.69. The van der Waals surface area contributed by atoms with Crippen LogP contribution in [0.25, 0.3) is 6.08 Å². The lowest BCUT2D eigenvalue weighted by molar-refractivity contribution is -0.117. The molecule has 1 amide bonds. The van der Waals surface area contributed by atoms with Crippen LogP contribution in [-0.4, -0.2) is 25.2 Å². The number of carbonyl (C=O) groups excluding carboxylic acids is 1. The second-order valence-corrected chi connectivity index (χ2v) is 5.23. The molecule has 4 nitrogen and oxygen atoms in total. The minimum Gasteiger partial charge on any atom is -0.486 e. The first-order chi connectivity index (χ1) is 9.81. The normalized spacial score (nSPS) is 18.4. The fourth-order valence-corrected chi connectivity index (χ4v) is 2.65. The van der Waals surface area contributed by atoms with Gasteiger partial charge in [0.2, 0.25) is 5.91 Å². The Morgan fingerprint density at radius 2 is 1.90 bits per heavy atom. The Labute approximate surface area is 118 Å². The third-order valence-electron chi connectivity index (χ3n) is 3.69. The molecule has 20 heavy (non-hydrogen) atoms. The summed E-state index contributed by atoms with van der Waals surface area (Å²) in [5.41, 5.74) is 0.941. The van der Waals surface area contributed by atoms with Gasteiger partial charge in [-0.15, -0.1) is 0 Å². The Morgan fingerprint density at radius 1 is 1.15 bits per heavy atom. The summed E-state index contributed by atoms with van der Waals surface area (Å²) in [7, 11) is 0. The highest BCUT2D eigenvalue weighted by Gasteiger charge is 2.15. The quantitative estimate of drug-likeness (QED) is 0.861. The van der Waals surface area contributed by atoms with Gasteiger partial charge in [0.1, 0.15) is 13.2 Å². The van der Waals surface area contributed by atoms with Gasteiger partial charge in [0.15, 0.2) is 11.5 Å². The second kappa shape index (κ2) is 5.99. The Balaban J connectivity index is 1.61. The van der Waals surface area contributed by atoms with Crippen molar-refractivity contribution in [2.24, 2.45) is 0 Å². The van der Waals surface area contributed by atoms with E-state index in [1.165, 1.54) is 12.8 Å². The molecule has 1 saturated carbocycles. The van der Waals surface area contributed by atoms with Crippen LogP contribution in [0.5, 0.6) is 11.5 Å². The number of nitrogens with one attached hydrogen (secondary N) is 1. The van der Waals surface area contributed by atoms with Crippen molar-refractivity contribution < 1.29 is 14.3 Å². The van der Waals surface area contributed by atoms with E-state index in [9.17, 15) is 4.79 Å². The molecule has 2 aliphatic rings. The maximum atomic E-state index is 11.8. The molecule has 0 radical (unpaired) electrons. The predicted molar refractivity (Wildman–Crippen MR) is 76.9 cm³/mol. The highest BCUT2D eigenvalue weighted by Crippen LogP contribution is 2.31. The number of carbonyl (C=O) groups is 1. The van der Waals surface area contributed by atoms with E-state index in [1.807, 2.05) is 24.3 Å². The van der Waals surface area contributed by atoms with Gasteiger partial charge in [0.05, 0.1) is 0 Å². The first kappa shape index (κ1) is 13.0. The van der Waals surface area contributed by atoms with E-state index in [2.05, 4.69) is 5.32 Å². The highest BCUT2D eigenvalue weighted by molar-refractivity contribution is 5.92. The van der Waals surface area contributed by atoms with Gasteiger partial charge in [-0.2, -0.15) is 0 Å². The summed E-state index contributed by atoms with van der Waals surface area (Å²) in [5, 5.41) is 3.03. The maximum absolute atomic E-state index is 11.8. The molecule has 1 aromatic carbocycles. The van der Waals surface area contributed by atoms with Crippen molar-refractivity contribution in [3.63, 3.8) is 0 Å². The molecule has 0 spiro atoms. The minimum absolute atomic E-state index is 0.0215. The number of fused-ring (bicyclic) bond motifs is 1. The number of amides is 1. The van der Waals surface area contributed by atoms with Crippen LogP contribution >= 0.6 is 0 Å². The summed E-state index contributed by atoms with van der Waals surface area (Å²) in [4.78, 5) is 11.8. The van der Waals surface area contributed by atoms with Gasteiger partial charge >= 0.3 is 0 Å². The Bertz CT molecular complexity index is 518. The molecule has 1 aromatic rings. The van der Waals surface area contributed by atoms with Crippen LogP contribution in [0.1, 0.15) is 31.2 Å². The summed E-state index contributed by atoms with van der Waals surface area (Å²) in [6.07, 6.45) is 8.03. The van der Waals surface area contributed by atoms with E-state index >= 15 is 0 Å². The van der Waals surface area contributed by atoms with Gasteiger partial charge in [0, 0.05) is 12.1 Å². The number of benzene rings is 1. The molecule has 1 N–H and O–H groups in total. The fourth-order valence-electron chi connectivity index (χ4n) is 2.65. The van der Waals surface area contributed by atoms with Crippen molar-refractivity contribution in [2.45, 2.75) is 31.7 Å². The third kappa shape index (κ3) is 3.13. The topological polar surface area (TPSA) is 47.6 Å². The first-order valence-electron chi connectivity index (χ1n) is 7.19. The Morgan fingerprint density at radius 3 is 2.70 bits per heavy atom. The zero-order chi connectivity index (χ0) is 13.8. The van der Waals surface area contributed by atoms with Crippen molar-refractivity contribution >= 4 is 12.0 Å². The zero-order valence-corrected chi connectivity index (χ0v) is 11.4. The van der Waals surface area contributed by atoms with Gasteiger partial charge in [-0.3, -0.25) is 4.79 Å². The molecule has 0 unspecified atom stereocenters. The molecule has 1 heterocycles. The lowest BCUT2D eigenvalue weighted by Gasteiger charge is -2.18. The molecular weight excluding hydrogens is 254 g/mol. The summed E-state index contributed by atoms with van der Waals surface area (Å²) in [6.45, 7) is 1.16. The van der Waals surface area contributed by atoms with Crippen molar-refractivity contribution in [3.8, 4) is 11.5 Å². The van der Waals surface area contributed by atoms with Crippen molar-refractivity contribution in [1.29, 1.82) is 0 Å². The van der Waals surface area contributed by atoms with E-state index in [0.29, 0.717) is 19.3 Å². The van der Waals surface area contributed by atoms with Crippen molar-refractivity contribution in [2.75, 3.05) is 13.2 Å². The molecule has 1 aliphatic carbocycles. The molecule has 0 bridgehead atoms. The lowest BCUT2D eigenvalue weighted by atomic mass is 10.1. The van der Waals surface area contributed by atoms with E-state index in [4.69, 9.17) is 9.47 Å². The molecule has 0 aromatic heterocycles. The molecule has 1 aliphatic heterocycles. The first-order valence-corrected chi connectivity index (χ1v) is 7.19. The average molecular weight is 273 g/mol. The average Bonchev–Trinajstić information content (AvgIpc) is 2.98. The van der Waals surface area contributed by atoms with Gasteiger partial charge in [0.25, 0.3) is 0 Å². The van der Waals surface area contributed by atoms with Crippen LogP contribution in [0.15, 0.2) is 24.3 Å². The maximum Gasteiger partial charge on any atom is 0.244 e. The molecule has 0 atom stereocenters. The number of ether oxygens (including phenoxy) is 2. The Hall–Kier alpha value is -1.97. The smallest absolute Gasteiger partial charge is 0.244 e. The van der Waals surface area contributed by atoms with Gasteiger partial charge in [-0.1, -0.05) is 18.9 Å². The molecule has 4 heteroatoms. The summed E-state index contributed by atoms with van der Waals surface area (Å²) < 4.78 is 11.0. The van der Waals surface area contributed by atoms with Gasteiger partial charge in [-0.05, 0) is 36.6 Å². The van der Waals surface area contributed by atoms with Crippen LogP contribution in [-0.2, 0) is 4.79 Å². The fraction of sp³-hybridized carbons (Fsp3) is 0.438. The lowest BCUT2D eigenvalue weighted by Crippen LogP contribution is -2.30. The van der Waals surface area contributed by atoms with E-state index in [-0.39, 0.29) is 5.91 Å². The number of hydrogen-bond acceptors (Lipinski definition) is 3. The van der Waals surface area contributed by atoms with Crippen LogP contribution in [0.3, 0.4) is 0 Å². The molecule has 1 fully saturated rings. The second-order valence-electron chi connectivity index (χ2n) is 5.23. The van der Waals surface area contributed by atoms with Gasteiger partial charge in [-0.25, -0.2) is 0 Å². The molecule has 3 rings (SSSR count). The standard InChI is InChI=1S/C16H19NO3/c18-16(17-13-3-1-2-4-13)8-6-12-5-7-14-15(11-12)20-10-9-19-14/h5-8,11,13H,1-4,9-10H2,(H,17,18)/b8-6+. The summed E-state index contributed by atoms with van der Waals surface area (Å²) in [6, 6.07) is 6.05. The van der Waals surface area contributed by atoms with Crippen molar-refractivity contribution in [1.82, 2.24) is 5.32 Å². The van der Waals surface area contributed by atoms with Crippen molar-refractivity contribution in [3.05, 3.63) is 29.8 Å². The van der Waals surface area contributed by atoms with E-state index in [1.54, 1.807) is 6.08 Å². The van der Waals surface area contributed by atoms with Gasteiger partial charge < -0.3 is 14.8 Å². The molecule has 0 saturated heterocycles. The molecular formula is C16H19NO3. The van der Waals surface area contributed by atoms with Crippen LogP contribution in [0.4, 0.5) is 0 Å². The predicted octanol–water partition coefficient (Wildman–Crippen LogP) is 2.53. The number of rotatable bonds is 3.